The molecule has 1 aliphatic heterocycles. The summed E-state index contributed by atoms with van der Waals surface area (Å²) in [5.74, 6) is 2.74. The molecule has 0 N–H and O–H groups in total. The van der Waals surface area contributed by atoms with Gasteiger partial charge in [0.1, 0.15) is 0 Å². The van der Waals surface area contributed by atoms with Crippen LogP contribution in [0.4, 0.5) is 0 Å². The standard InChI is InChI=1S/C5H5N.C4H5B3O/c1-2-4-6-5-3-1;1-2-4-3-5-6-7-8-4/h1-5H;2-3,7H,1H2. The minimum absolute atomic E-state index is 0.678. The number of rotatable bonds is 1. The van der Waals surface area contributed by atoms with E-state index in [2.05, 4.69) is 11.6 Å². The molecule has 2 rings (SSSR count). The van der Waals surface area contributed by atoms with Crippen molar-refractivity contribution in [2.24, 2.45) is 0 Å². The van der Waals surface area contributed by atoms with Gasteiger partial charge in [0.15, 0.2) is 0 Å². The van der Waals surface area contributed by atoms with Crippen LogP contribution in [0.2, 0.25) is 0 Å². The van der Waals surface area contributed by atoms with E-state index in [0.717, 1.165) is 5.76 Å². The maximum Gasteiger partial charge on any atom is 0.0267 e. The third kappa shape index (κ3) is 4.60. The summed E-state index contributed by atoms with van der Waals surface area (Å²) in [6.45, 7) is 7.47. The van der Waals surface area contributed by atoms with Gasteiger partial charge in [0, 0.05) is 12.4 Å². The van der Waals surface area contributed by atoms with E-state index in [-0.39, 0.29) is 0 Å². The van der Waals surface area contributed by atoms with Crippen LogP contribution >= 0.6 is 0 Å². The first kappa shape index (κ1) is 10.7. The summed E-state index contributed by atoms with van der Waals surface area (Å²) >= 11 is 0. The van der Waals surface area contributed by atoms with Crippen molar-refractivity contribution in [3.8, 4) is 0 Å². The van der Waals surface area contributed by atoms with Gasteiger partial charge in [-0.1, -0.05) is 6.07 Å². The minimum atomic E-state index is 0.678. The van der Waals surface area contributed by atoms with Gasteiger partial charge >= 0.3 is 49.9 Å². The van der Waals surface area contributed by atoms with Gasteiger partial charge in [-0.05, 0) is 12.1 Å². The predicted octanol–water partition coefficient (Wildman–Crippen LogP) is 0.715. The number of allylic oxidation sites excluding steroid dienone is 1. The number of pyridine rings is 1. The maximum atomic E-state index is 5.08. The van der Waals surface area contributed by atoms with Crippen LogP contribution < -0.4 is 0 Å². The van der Waals surface area contributed by atoms with Gasteiger partial charge < -0.3 is 0 Å². The summed E-state index contributed by atoms with van der Waals surface area (Å²) < 4.78 is 5.08. The van der Waals surface area contributed by atoms with Crippen molar-refractivity contribution in [1.29, 1.82) is 0 Å². The van der Waals surface area contributed by atoms with Gasteiger partial charge in [-0.25, -0.2) is 0 Å². The zero-order chi connectivity index (χ0) is 10.1. The first-order valence-electron chi connectivity index (χ1n) is 4.40. The zero-order valence-electron chi connectivity index (χ0n) is 7.97. The summed E-state index contributed by atoms with van der Waals surface area (Å²) in [6.07, 6.45) is 5.20. The third-order valence-electron chi connectivity index (χ3n) is 1.51. The van der Waals surface area contributed by atoms with E-state index in [1.807, 2.05) is 37.7 Å². The number of aromatic nitrogens is 1. The van der Waals surface area contributed by atoms with Crippen molar-refractivity contribution >= 4 is 20.9 Å². The van der Waals surface area contributed by atoms with E-state index < -0.39 is 0 Å². The topological polar surface area (TPSA) is 22.1 Å². The average molecular weight is 181 g/mol. The Morgan fingerprint density at radius 2 is 2.14 bits per heavy atom. The van der Waals surface area contributed by atoms with Crippen molar-refractivity contribution in [1.82, 2.24) is 4.98 Å². The van der Waals surface area contributed by atoms with Crippen molar-refractivity contribution < 1.29 is 4.65 Å². The normalized spacial score (nSPS) is 11.3. The van der Waals surface area contributed by atoms with Crippen LogP contribution in [0.25, 0.3) is 0 Å². The smallest absolute Gasteiger partial charge is 0.0267 e. The molecule has 0 amide bonds. The summed E-state index contributed by atoms with van der Waals surface area (Å²) in [7, 11) is 0.678. The number of hydrogen-bond donors (Lipinski definition) is 0. The van der Waals surface area contributed by atoms with Crippen LogP contribution in [-0.4, -0.2) is 25.9 Å². The molecule has 0 fully saturated rings. The number of nitrogens with zero attached hydrogens (tertiary/aromatic N) is 1. The van der Waals surface area contributed by atoms with Gasteiger partial charge in [-0.3, -0.25) is 4.98 Å². The quantitative estimate of drug-likeness (QED) is 0.594. The van der Waals surface area contributed by atoms with Gasteiger partial charge in [0.2, 0.25) is 0 Å². The second-order valence-corrected chi connectivity index (χ2v) is 2.54. The minimum Gasteiger partial charge on any atom is -0.265 e. The van der Waals surface area contributed by atoms with Crippen LogP contribution in [0.5, 0.6) is 0 Å². The van der Waals surface area contributed by atoms with Crippen LogP contribution in [0, 0.1) is 0 Å². The van der Waals surface area contributed by atoms with Crippen molar-refractivity contribution in [2.45, 2.75) is 0 Å². The molecular weight excluding hydrogens is 171 g/mol. The molecule has 14 heavy (non-hydrogen) atoms. The zero-order valence-corrected chi connectivity index (χ0v) is 7.97. The van der Waals surface area contributed by atoms with E-state index in [1.165, 1.54) is 0 Å². The van der Waals surface area contributed by atoms with Gasteiger partial charge in [0.25, 0.3) is 0 Å². The third-order valence-corrected chi connectivity index (χ3v) is 1.51. The van der Waals surface area contributed by atoms with E-state index in [0.29, 0.717) is 7.37 Å². The first-order chi connectivity index (χ1) is 6.93. The Bertz CT molecular complexity index is 297. The maximum absolute atomic E-state index is 5.08. The van der Waals surface area contributed by atoms with Gasteiger partial charge in [0.05, 0.1) is 0 Å². The first-order valence-corrected chi connectivity index (χ1v) is 4.40. The SMILES string of the molecule is C=CC1=CB=BBO1.c1ccncc1. The predicted molar refractivity (Wildman–Crippen MR) is 62.3 cm³/mol. The molecule has 5 heteroatoms. The molecule has 0 atom stereocenters. The van der Waals surface area contributed by atoms with Gasteiger partial charge in [-0.15, -0.1) is 0 Å². The van der Waals surface area contributed by atoms with Crippen LogP contribution in [0.1, 0.15) is 0 Å². The van der Waals surface area contributed by atoms with Crippen LogP contribution in [-0.2, 0) is 4.65 Å². The molecule has 1 aromatic rings. The molecule has 1 aliphatic rings. The van der Waals surface area contributed by atoms with Crippen molar-refractivity contribution in [3.05, 3.63) is 55.0 Å². The molecule has 0 saturated heterocycles. The molecular formula is C9H10B3NO. The van der Waals surface area contributed by atoms with E-state index in [4.69, 9.17) is 4.65 Å². The molecule has 2 nitrogen and oxygen atoms in total. The molecule has 0 unspecified atom stereocenters. The van der Waals surface area contributed by atoms with Crippen molar-refractivity contribution in [2.75, 3.05) is 0 Å². The average Bonchev–Trinajstić information content (AvgIpc) is 2.33. The fraction of sp³-hybridized carbons (Fsp3) is 0. The monoisotopic (exact) mass is 181 g/mol. The summed E-state index contributed by atoms with van der Waals surface area (Å²) in [5.41, 5.74) is 0. The molecule has 0 bridgehead atoms. The summed E-state index contributed by atoms with van der Waals surface area (Å²) in [5, 5.41) is 0. The fourth-order valence-electron chi connectivity index (χ4n) is 0.850. The Hall–Kier alpha value is -1.38. The molecule has 0 aliphatic carbocycles. The Morgan fingerprint density at radius 1 is 1.36 bits per heavy atom. The Balaban J connectivity index is 0.000000146. The van der Waals surface area contributed by atoms with E-state index in [9.17, 15) is 0 Å². The molecule has 2 heterocycles. The summed E-state index contributed by atoms with van der Waals surface area (Å²) in [6, 6.07) is 5.72. The Labute approximate surface area is 86.1 Å². The fourth-order valence-corrected chi connectivity index (χ4v) is 0.850. The molecule has 66 valence electrons. The second-order valence-electron chi connectivity index (χ2n) is 2.54. The molecule has 0 saturated carbocycles. The van der Waals surface area contributed by atoms with Crippen LogP contribution in [0.3, 0.4) is 0 Å². The molecule has 0 spiro atoms. The second kappa shape index (κ2) is 7.07. The summed E-state index contributed by atoms with van der Waals surface area (Å²) in [4.78, 5) is 3.78. The molecule has 0 aromatic carbocycles. The van der Waals surface area contributed by atoms with E-state index >= 15 is 0 Å². The van der Waals surface area contributed by atoms with Crippen molar-refractivity contribution in [3.63, 3.8) is 0 Å². The molecule has 1 aromatic heterocycles. The Morgan fingerprint density at radius 3 is 2.43 bits per heavy atom. The largest absolute Gasteiger partial charge is 0.265 e. The molecule has 0 radical (unpaired) electrons. The van der Waals surface area contributed by atoms with Crippen LogP contribution in [0.15, 0.2) is 55.0 Å². The number of hydrogen-bond acceptors (Lipinski definition) is 2. The van der Waals surface area contributed by atoms with E-state index in [1.54, 1.807) is 18.5 Å². The van der Waals surface area contributed by atoms with Gasteiger partial charge in [-0.2, -0.15) is 0 Å². The Kier molecular flexibility index (Phi) is 5.40.